The molecule has 1 aliphatic heterocycles. The number of aromatic nitrogens is 5. The van der Waals surface area contributed by atoms with Crippen molar-refractivity contribution in [2.75, 3.05) is 43.4 Å². The largest absolute Gasteiger partial charge is 0.369 e. The Kier molecular flexibility index (Phi) is 5.98. The Balaban J connectivity index is 1.29. The van der Waals surface area contributed by atoms with Crippen LogP contribution >= 0.6 is 0 Å². The highest BCUT2D eigenvalue weighted by molar-refractivity contribution is 5.61. The van der Waals surface area contributed by atoms with Crippen LogP contribution in [0.25, 0.3) is 11.4 Å². The van der Waals surface area contributed by atoms with Gasteiger partial charge >= 0.3 is 0 Å². The smallest absolute Gasteiger partial charge is 0.227 e. The molecule has 0 unspecified atom stereocenters. The Bertz CT molecular complexity index is 1040. The van der Waals surface area contributed by atoms with Crippen LogP contribution < -0.4 is 10.2 Å². The fourth-order valence-electron chi connectivity index (χ4n) is 4.47. The second kappa shape index (κ2) is 9.20. The highest BCUT2D eigenvalue weighted by Crippen LogP contribution is 2.29. The van der Waals surface area contributed by atoms with E-state index < -0.39 is 5.82 Å². The molecule has 32 heavy (non-hydrogen) atoms. The van der Waals surface area contributed by atoms with Crippen molar-refractivity contribution >= 4 is 17.3 Å². The molecule has 0 bridgehead atoms. The maximum absolute atomic E-state index is 14.5. The van der Waals surface area contributed by atoms with Gasteiger partial charge < -0.3 is 15.1 Å². The average molecular weight is 437 g/mol. The molecule has 2 aliphatic rings. The van der Waals surface area contributed by atoms with Crippen LogP contribution in [0.4, 0.5) is 21.7 Å². The number of nitrogens with zero attached hydrogens (tertiary/aromatic N) is 7. The number of benzene rings is 1. The van der Waals surface area contributed by atoms with E-state index in [1.54, 1.807) is 6.20 Å². The van der Waals surface area contributed by atoms with Crippen LogP contribution in [0, 0.1) is 5.82 Å². The molecule has 0 spiro atoms. The van der Waals surface area contributed by atoms with Crippen LogP contribution in [0.5, 0.6) is 0 Å². The van der Waals surface area contributed by atoms with Crippen molar-refractivity contribution in [2.24, 2.45) is 0 Å². The van der Waals surface area contributed by atoms with Gasteiger partial charge in [0.25, 0.3) is 0 Å². The second-order valence-electron chi connectivity index (χ2n) is 8.73. The van der Waals surface area contributed by atoms with Crippen molar-refractivity contribution in [3.8, 4) is 11.4 Å². The molecule has 5 rings (SSSR count). The Labute approximate surface area is 187 Å². The molecule has 1 aromatic carbocycles. The van der Waals surface area contributed by atoms with E-state index in [4.69, 9.17) is 0 Å². The van der Waals surface area contributed by atoms with Crippen molar-refractivity contribution in [3.63, 3.8) is 0 Å². The predicted octanol–water partition coefficient (Wildman–Crippen LogP) is 3.87. The van der Waals surface area contributed by atoms with Crippen molar-refractivity contribution in [2.45, 2.75) is 38.1 Å². The van der Waals surface area contributed by atoms with E-state index in [1.165, 1.54) is 31.1 Å². The third kappa shape index (κ3) is 4.57. The molecule has 0 atom stereocenters. The van der Waals surface area contributed by atoms with E-state index in [2.05, 4.69) is 54.6 Å². The number of anilines is 3. The summed E-state index contributed by atoms with van der Waals surface area (Å²) >= 11 is 0. The number of hydrogen-bond donors (Lipinski definition) is 1. The van der Waals surface area contributed by atoms with Gasteiger partial charge in [-0.1, -0.05) is 24.5 Å². The van der Waals surface area contributed by atoms with E-state index in [0.717, 1.165) is 44.7 Å². The van der Waals surface area contributed by atoms with Crippen LogP contribution in [0.15, 0.2) is 36.7 Å². The van der Waals surface area contributed by atoms with Gasteiger partial charge in [-0.15, -0.1) is 5.10 Å². The Morgan fingerprint density at radius 2 is 1.75 bits per heavy atom. The SMILES string of the molecule is CN1CCN(c2ccc(Nc3ncc(F)c(-c4cn(C5CCCCC5)nn4)n3)cc2)CC1. The van der Waals surface area contributed by atoms with E-state index in [0.29, 0.717) is 17.7 Å². The lowest BCUT2D eigenvalue weighted by Crippen LogP contribution is -2.44. The Morgan fingerprint density at radius 1 is 1.00 bits per heavy atom. The van der Waals surface area contributed by atoms with E-state index >= 15 is 0 Å². The van der Waals surface area contributed by atoms with E-state index in [1.807, 2.05) is 16.8 Å². The lowest BCUT2D eigenvalue weighted by Gasteiger charge is -2.34. The zero-order chi connectivity index (χ0) is 21.9. The number of rotatable bonds is 5. The molecule has 168 valence electrons. The highest BCUT2D eigenvalue weighted by Gasteiger charge is 2.20. The van der Waals surface area contributed by atoms with Crippen LogP contribution in [-0.4, -0.2) is 63.1 Å². The number of likely N-dealkylation sites (N-methyl/N-ethyl adjacent to an activating group) is 1. The molecule has 9 heteroatoms. The fourth-order valence-corrected chi connectivity index (χ4v) is 4.47. The Hall–Kier alpha value is -3.07. The summed E-state index contributed by atoms with van der Waals surface area (Å²) < 4.78 is 16.4. The molecule has 1 N–H and O–H groups in total. The van der Waals surface area contributed by atoms with Gasteiger partial charge in [-0.2, -0.15) is 0 Å². The zero-order valence-corrected chi connectivity index (χ0v) is 18.4. The number of halogens is 1. The van der Waals surface area contributed by atoms with Crippen molar-refractivity contribution in [1.82, 2.24) is 29.9 Å². The lowest BCUT2D eigenvalue weighted by atomic mass is 9.96. The first-order valence-electron chi connectivity index (χ1n) is 11.4. The lowest BCUT2D eigenvalue weighted by molar-refractivity contribution is 0.313. The summed E-state index contributed by atoms with van der Waals surface area (Å²) in [5.74, 6) is -0.169. The highest BCUT2D eigenvalue weighted by atomic mass is 19.1. The van der Waals surface area contributed by atoms with Crippen LogP contribution in [0.2, 0.25) is 0 Å². The summed E-state index contributed by atoms with van der Waals surface area (Å²) in [7, 11) is 2.15. The molecule has 1 aliphatic carbocycles. The van der Waals surface area contributed by atoms with Crippen molar-refractivity contribution in [1.29, 1.82) is 0 Å². The molecule has 3 aromatic rings. The molecule has 1 saturated heterocycles. The first-order chi connectivity index (χ1) is 15.7. The average Bonchev–Trinajstić information content (AvgIpc) is 3.32. The summed E-state index contributed by atoms with van der Waals surface area (Å²) in [5.41, 5.74) is 2.65. The molecular weight excluding hydrogens is 407 g/mol. The predicted molar refractivity (Wildman–Crippen MR) is 123 cm³/mol. The summed E-state index contributed by atoms with van der Waals surface area (Å²) in [5, 5.41) is 11.6. The fraction of sp³-hybridized carbons (Fsp3) is 0.478. The van der Waals surface area contributed by atoms with Gasteiger partial charge in [0.05, 0.1) is 18.4 Å². The minimum atomic E-state index is -0.503. The Morgan fingerprint density at radius 3 is 2.50 bits per heavy atom. The molecule has 2 aromatic heterocycles. The van der Waals surface area contributed by atoms with Crippen LogP contribution in [0.3, 0.4) is 0 Å². The standard InChI is InChI=1S/C23H29FN8/c1-30-11-13-31(14-12-30)18-9-7-17(8-10-18)26-23-25-15-20(24)22(27-23)21-16-32(29-28-21)19-5-3-2-4-6-19/h7-10,15-16,19H,2-6,11-14H2,1H3,(H,25,26,27). The first-order valence-corrected chi connectivity index (χ1v) is 11.4. The number of piperazine rings is 1. The normalized spacial score (nSPS) is 18.1. The molecule has 0 radical (unpaired) electrons. The molecule has 2 fully saturated rings. The number of nitrogens with one attached hydrogen (secondary N) is 1. The van der Waals surface area contributed by atoms with Gasteiger partial charge in [-0.05, 0) is 44.2 Å². The van der Waals surface area contributed by atoms with Crippen molar-refractivity contribution in [3.05, 3.63) is 42.5 Å². The van der Waals surface area contributed by atoms with Gasteiger partial charge in [-0.3, -0.25) is 0 Å². The monoisotopic (exact) mass is 436 g/mol. The van der Waals surface area contributed by atoms with Crippen LogP contribution in [0.1, 0.15) is 38.1 Å². The maximum Gasteiger partial charge on any atom is 0.227 e. The van der Waals surface area contributed by atoms with E-state index in [9.17, 15) is 4.39 Å². The molecule has 0 amide bonds. The molecule has 3 heterocycles. The van der Waals surface area contributed by atoms with E-state index in [-0.39, 0.29) is 5.69 Å². The van der Waals surface area contributed by atoms with Gasteiger partial charge in [-0.25, -0.2) is 19.0 Å². The molecule has 1 saturated carbocycles. The summed E-state index contributed by atoms with van der Waals surface area (Å²) in [6.07, 6.45) is 8.83. The maximum atomic E-state index is 14.5. The molecular formula is C23H29FN8. The van der Waals surface area contributed by atoms with Gasteiger partial charge in [0.1, 0.15) is 11.4 Å². The summed E-state index contributed by atoms with van der Waals surface area (Å²) in [4.78, 5) is 13.2. The summed E-state index contributed by atoms with van der Waals surface area (Å²) in [6.45, 7) is 4.18. The first kappa shape index (κ1) is 20.8. The topological polar surface area (TPSA) is 75.0 Å². The van der Waals surface area contributed by atoms with Gasteiger partial charge in [0.15, 0.2) is 5.82 Å². The van der Waals surface area contributed by atoms with Gasteiger partial charge in [0.2, 0.25) is 5.95 Å². The quantitative estimate of drug-likeness (QED) is 0.651. The second-order valence-corrected chi connectivity index (χ2v) is 8.73. The van der Waals surface area contributed by atoms with Gasteiger partial charge in [0, 0.05) is 37.6 Å². The van der Waals surface area contributed by atoms with Crippen molar-refractivity contribution < 1.29 is 4.39 Å². The zero-order valence-electron chi connectivity index (χ0n) is 18.4. The minimum absolute atomic E-state index is 0.165. The molecule has 8 nitrogen and oxygen atoms in total. The minimum Gasteiger partial charge on any atom is -0.369 e. The summed E-state index contributed by atoms with van der Waals surface area (Å²) in [6, 6.07) is 8.52. The number of hydrogen-bond acceptors (Lipinski definition) is 7. The third-order valence-electron chi connectivity index (χ3n) is 6.44. The third-order valence-corrected chi connectivity index (χ3v) is 6.44. The van der Waals surface area contributed by atoms with Crippen LogP contribution in [-0.2, 0) is 0 Å².